The Bertz CT molecular complexity index is 458. The highest BCUT2D eigenvalue weighted by atomic mass is 32.2. The number of hydrogen-bond acceptors (Lipinski definition) is 4. The zero-order valence-electron chi connectivity index (χ0n) is 7.44. The molecule has 0 saturated carbocycles. The standard InChI is InChI=1S/C9H6N2O3S/c12-7-5-3-1-2-4-6(5)8(13)15-9(14)11-10-7/h1-4H,(H,10,12)(H,11,14). The molecule has 0 aliphatic carbocycles. The molecule has 0 atom stereocenters. The first-order valence-electron chi connectivity index (χ1n) is 4.10. The number of nitrogens with one attached hydrogen (secondary N) is 2. The molecule has 76 valence electrons. The van der Waals surface area contributed by atoms with Gasteiger partial charge in [0.15, 0.2) is 0 Å². The van der Waals surface area contributed by atoms with Crippen LogP contribution in [0.3, 0.4) is 0 Å². The van der Waals surface area contributed by atoms with Crippen molar-refractivity contribution in [2.75, 3.05) is 0 Å². The molecule has 6 heteroatoms. The van der Waals surface area contributed by atoms with E-state index in [4.69, 9.17) is 0 Å². The highest BCUT2D eigenvalue weighted by Gasteiger charge is 2.22. The van der Waals surface area contributed by atoms with Gasteiger partial charge in [0.25, 0.3) is 5.91 Å². The molecule has 0 bridgehead atoms. The fraction of sp³-hybridized carbons (Fsp3) is 0. The Hall–Kier alpha value is -1.82. The number of rotatable bonds is 0. The molecule has 1 aromatic rings. The monoisotopic (exact) mass is 222 g/mol. The number of amides is 2. The Balaban J connectivity index is 2.51. The van der Waals surface area contributed by atoms with Crippen LogP contribution in [0.4, 0.5) is 4.79 Å². The summed E-state index contributed by atoms with van der Waals surface area (Å²) in [4.78, 5) is 34.0. The van der Waals surface area contributed by atoms with E-state index in [1.165, 1.54) is 12.1 Å². The van der Waals surface area contributed by atoms with Crippen molar-refractivity contribution >= 4 is 28.0 Å². The van der Waals surface area contributed by atoms with Crippen molar-refractivity contribution < 1.29 is 14.4 Å². The quantitative estimate of drug-likeness (QED) is 0.684. The van der Waals surface area contributed by atoms with E-state index in [1.807, 2.05) is 0 Å². The smallest absolute Gasteiger partial charge is 0.281 e. The third-order valence-electron chi connectivity index (χ3n) is 1.86. The predicted molar refractivity (Wildman–Crippen MR) is 54.4 cm³/mol. The molecule has 0 unspecified atom stereocenters. The molecule has 0 fully saturated rings. The Morgan fingerprint density at radius 2 is 1.60 bits per heavy atom. The largest absolute Gasteiger partial charge is 0.305 e. The maximum atomic E-state index is 11.5. The number of hydrogen-bond donors (Lipinski definition) is 2. The van der Waals surface area contributed by atoms with Crippen LogP contribution in [0.2, 0.25) is 0 Å². The lowest BCUT2D eigenvalue weighted by Crippen LogP contribution is -2.42. The van der Waals surface area contributed by atoms with E-state index in [9.17, 15) is 14.4 Å². The average molecular weight is 222 g/mol. The van der Waals surface area contributed by atoms with Crippen molar-refractivity contribution in [1.82, 2.24) is 10.9 Å². The van der Waals surface area contributed by atoms with Gasteiger partial charge in [-0.3, -0.25) is 25.2 Å². The van der Waals surface area contributed by atoms with E-state index in [0.717, 1.165) is 0 Å². The Morgan fingerprint density at radius 3 is 2.33 bits per heavy atom. The lowest BCUT2D eigenvalue weighted by Gasteiger charge is -2.12. The molecule has 1 aliphatic heterocycles. The Morgan fingerprint density at radius 1 is 0.933 bits per heavy atom. The number of fused-ring (bicyclic) bond motifs is 1. The molecule has 1 heterocycles. The number of carbonyl (C=O) groups excluding carboxylic acids is 3. The molecule has 2 amide bonds. The first-order valence-corrected chi connectivity index (χ1v) is 4.91. The number of hydrazine groups is 1. The minimum Gasteiger partial charge on any atom is -0.281 e. The molecule has 5 nitrogen and oxygen atoms in total. The molecule has 15 heavy (non-hydrogen) atoms. The van der Waals surface area contributed by atoms with Gasteiger partial charge in [0, 0.05) is 17.3 Å². The van der Waals surface area contributed by atoms with Crippen LogP contribution in [0.1, 0.15) is 20.7 Å². The van der Waals surface area contributed by atoms with Crippen molar-refractivity contribution in [3.63, 3.8) is 0 Å². The van der Waals surface area contributed by atoms with Gasteiger partial charge in [-0.05, 0) is 12.1 Å². The van der Waals surface area contributed by atoms with Gasteiger partial charge in [0.05, 0.1) is 5.56 Å². The third kappa shape index (κ3) is 1.84. The fourth-order valence-corrected chi connectivity index (χ4v) is 1.76. The molecule has 0 saturated heterocycles. The summed E-state index contributed by atoms with van der Waals surface area (Å²) in [6.45, 7) is 0. The summed E-state index contributed by atoms with van der Waals surface area (Å²) in [5.74, 6) is -0.493. The second-order valence-corrected chi connectivity index (χ2v) is 3.75. The van der Waals surface area contributed by atoms with Crippen molar-refractivity contribution in [1.29, 1.82) is 0 Å². The summed E-state index contributed by atoms with van der Waals surface area (Å²) in [5.41, 5.74) is 4.81. The predicted octanol–water partition coefficient (Wildman–Crippen LogP) is 0.928. The van der Waals surface area contributed by atoms with E-state index in [1.54, 1.807) is 12.1 Å². The molecule has 1 aliphatic rings. The normalized spacial score (nSPS) is 15.9. The molecule has 1 aromatic carbocycles. The minimum absolute atomic E-state index is 0.245. The summed E-state index contributed by atoms with van der Waals surface area (Å²) in [5, 5.41) is -1.03. The second-order valence-electron chi connectivity index (χ2n) is 2.80. The fourth-order valence-electron chi connectivity index (χ4n) is 1.20. The zero-order chi connectivity index (χ0) is 10.8. The van der Waals surface area contributed by atoms with Gasteiger partial charge in [0.1, 0.15) is 0 Å². The Kier molecular flexibility index (Phi) is 2.42. The van der Waals surface area contributed by atoms with Gasteiger partial charge in [0.2, 0.25) is 5.12 Å². The van der Waals surface area contributed by atoms with Crippen LogP contribution in [-0.2, 0) is 0 Å². The third-order valence-corrected chi connectivity index (χ3v) is 2.55. The lowest BCUT2D eigenvalue weighted by atomic mass is 10.1. The lowest BCUT2D eigenvalue weighted by molar-refractivity contribution is 0.0931. The van der Waals surface area contributed by atoms with Crippen LogP contribution in [0, 0.1) is 0 Å². The molecular formula is C9H6N2O3S. The van der Waals surface area contributed by atoms with Crippen LogP contribution in [-0.4, -0.2) is 16.3 Å². The SMILES string of the molecule is O=C1NNC(=O)c2ccccc2C(=O)S1. The maximum Gasteiger partial charge on any atom is 0.305 e. The summed E-state index contributed by atoms with van der Waals surface area (Å²) in [6, 6.07) is 6.34. The van der Waals surface area contributed by atoms with Gasteiger partial charge in [-0.1, -0.05) is 12.1 Å². The highest BCUT2D eigenvalue weighted by Crippen LogP contribution is 2.18. The van der Waals surface area contributed by atoms with Crippen molar-refractivity contribution in [2.24, 2.45) is 0 Å². The average Bonchev–Trinajstić information content (AvgIpc) is 2.24. The van der Waals surface area contributed by atoms with E-state index < -0.39 is 16.3 Å². The van der Waals surface area contributed by atoms with Gasteiger partial charge in [-0.25, -0.2) is 0 Å². The molecular weight excluding hydrogens is 216 g/mol. The van der Waals surface area contributed by atoms with Crippen LogP contribution >= 0.6 is 11.8 Å². The van der Waals surface area contributed by atoms with Gasteiger partial charge < -0.3 is 0 Å². The number of benzene rings is 1. The summed E-state index contributed by atoms with van der Waals surface area (Å²) in [7, 11) is 0. The number of carbonyl (C=O) groups is 3. The van der Waals surface area contributed by atoms with E-state index >= 15 is 0 Å². The van der Waals surface area contributed by atoms with Gasteiger partial charge in [-0.15, -0.1) is 0 Å². The van der Waals surface area contributed by atoms with Crippen molar-refractivity contribution in [3.8, 4) is 0 Å². The molecule has 0 spiro atoms. The zero-order valence-corrected chi connectivity index (χ0v) is 8.26. The summed E-state index contributed by atoms with van der Waals surface area (Å²) >= 11 is 0.516. The summed E-state index contributed by atoms with van der Waals surface area (Å²) < 4.78 is 0. The number of thioether (sulfide) groups is 1. The summed E-state index contributed by atoms with van der Waals surface area (Å²) in [6.07, 6.45) is 0. The Labute approximate surface area is 89.2 Å². The van der Waals surface area contributed by atoms with E-state index in [0.29, 0.717) is 11.8 Å². The molecule has 2 rings (SSSR count). The van der Waals surface area contributed by atoms with Crippen molar-refractivity contribution in [3.05, 3.63) is 35.4 Å². The molecule has 0 radical (unpaired) electrons. The topological polar surface area (TPSA) is 75.3 Å². The highest BCUT2D eigenvalue weighted by molar-refractivity contribution is 8.26. The first-order chi connectivity index (χ1) is 7.18. The maximum absolute atomic E-state index is 11.5. The van der Waals surface area contributed by atoms with Crippen LogP contribution in [0.15, 0.2) is 24.3 Å². The second kappa shape index (κ2) is 3.74. The molecule has 0 aromatic heterocycles. The van der Waals surface area contributed by atoms with E-state index in [-0.39, 0.29) is 11.1 Å². The van der Waals surface area contributed by atoms with Crippen LogP contribution in [0.25, 0.3) is 0 Å². The van der Waals surface area contributed by atoms with Gasteiger partial charge in [-0.2, -0.15) is 0 Å². The van der Waals surface area contributed by atoms with E-state index in [2.05, 4.69) is 10.9 Å². The molecule has 2 N–H and O–H groups in total. The van der Waals surface area contributed by atoms with Crippen molar-refractivity contribution in [2.45, 2.75) is 0 Å². The van der Waals surface area contributed by atoms with Crippen LogP contribution in [0.5, 0.6) is 0 Å². The minimum atomic E-state index is -0.595. The first kappa shape index (κ1) is 9.72. The van der Waals surface area contributed by atoms with Crippen LogP contribution < -0.4 is 10.9 Å². The van der Waals surface area contributed by atoms with Gasteiger partial charge >= 0.3 is 5.24 Å².